The number of imidazole rings is 1. The summed E-state index contributed by atoms with van der Waals surface area (Å²) in [6.07, 6.45) is 1.86. The maximum Gasteiger partial charge on any atom is 0.514 e. The molecule has 0 bridgehead atoms. The topological polar surface area (TPSA) is 36.3 Å². The molecule has 0 aromatic carbocycles. The lowest BCUT2D eigenvalue weighted by Crippen LogP contribution is -2.41. The SMILES string of the molecule is Cc1ncc(B2OC(C)(C)C(C)(C)O2)n1C(C)C. The number of hydrogen-bond donors (Lipinski definition) is 0. The Morgan fingerprint density at radius 2 is 1.67 bits per heavy atom. The van der Waals surface area contributed by atoms with E-state index in [0.717, 1.165) is 11.4 Å². The molecule has 0 unspecified atom stereocenters. The number of hydrogen-bond acceptors (Lipinski definition) is 3. The summed E-state index contributed by atoms with van der Waals surface area (Å²) in [6.45, 7) is 14.6. The fourth-order valence-electron chi connectivity index (χ4n) is 2.28. The summed E-state index contributed by atoms with van der Waals surface area (Å²) in [5.74, 6) is 0.995. The van der Waals surface area contributed by atoms with Gasteiger partial charge in [-0.15, -0.1) is 0 Å². The average molecular weight is 250 g/mol. The third kappa shape index (κ3) is 1.99. The molecule has 4 nitrogen and oxygen atoms in total. The van der Waals surface area contributed by atoms with Crippen LogP contribution >= 0.6 is 0 Å². The number of aryl methyl sites for hydroxylation is 1. The highest BCUT2D eigenvalue weighted by atomic mass is 16.7. The molecule has 2 rings (SSSR count). The van der Waals surface area contributed by atoms with Gasteiger partial charge < -0.3 is 13.9 Å². The Balaban J connectivity index is 2.36. The zero-order valence-corrected chi connectivity index (χ0v) is 12.4. The first kappa shape index (κ1) is 13.6. The monoisotopic (exact) mass is 250 g/mol. The van der Waals surface area contributed by atoms with Crippen molar-refractivity contribution in [2.75, 3.05) is 0 Å². The predicted octanol–water partition coefficient (Wildman–Crippen LogP) is 2.07. The van der Waals surface area contributed by atoms with Gasteiger partial charge in [0.05, 0.1) is 16.8 Å². The lowest BCUT2D eigenvalue weighted by atomic mass is 9.85. The van der Waals surface area contributed by atoms with Crippen molar-refractivity contribution in [2.24, 2.45) is 0 Å². The molecule has 1 fully saturated rings. The van der Waals surface area contributed by atoms with Crippen LogP contribution in [0.15, 0.2) is 6.20 Å². The Labute approximate surface area is 110 Å². The van der Waals surface area contributed by atoms with Crippen molar-refractivity contribution < 1.29 is 9.31 Å². The van der Waals surface area contributed by atoms with Crippen LogP contribution in [-0.2, 0) is 9.31 Å². The Morgan fingerprint density at radius 1 is 1.17 bits per heavy atom. The summed E-state index contributed by atoms with van der Waals surface area (Å²) >= 11 is 0. The first-order chi connectivity index (χ1) is 8.16. The maximum atomic E-state index is 6.07. The van der Waals surface area contributed by atoms with Gasteiger partial charge in [-0.1, -0.05) is 0 Å². The highest BCUT2D eigenvalue weighted by molar-refractivity contribution is 6.61. The molecule has 18 heavy (non-hydrogen) atoms. The van der Waals surface area contributed by atoms with Crippen molar-refractivity contribution in [1.29, 1.82) is 0 Å². The molecule has 5 heteroatoms. The third-order valence-electron chi connectivity index (χ3n) is 4.02. The van der Waals surface area contributed by atoms with E-state index in [1.807, 2.05) is 13.1 Å². The van der Waals surface area contributed by atoms with E-state index in [1.54, 1.807) is 0 Å². The lowest BCUT2D eigenvalue weighted by molar-refractivity contribution is 0.00578. The van der Waals surface area contributed by atoms with Crippen molar-refractivity contribution in [3.05, 3.63) is 12.0 Å². The summed E-state index contributed by atoms with van der Waals surface area (Å²) in [7, 11) is -0.335. The molecule has 1 saturated heterocycles. The number of rotatable bonds is 2. The van der Waals surface area contributed by atoms with Gasteiger partial charge >= 0.3 is 7.12 Å². The quantitative estimate of drug-likeness (QED) is 0.754. The Bertz CT molecular complexity index is 436. The van der Waals surface area contributed by atoms with Crippen LogP contribution in [0.3, 0.4) is 0 Å². The number of nitrogens with zero attached hydrogens (tertiary/aromatic N) is 2. The van der Waals surface area contributed by atoms with E-state index in [2.05, 4.69) is 51.1 Å². The molecule has 0 aliphatic carbocycles. The largest absolute Gasteiger partial charge is 0.514 e. The van der Waals surface area contributed by atoms with Crippen LogP contribution in [0.2, 0.25) is 0 Å². The molecular formula is C13H23BN2O2. The fourth-order valence-corrected chi connectivity index (χ4v) is 2.28. The van der Waals surface area contributed by atoms with Gasteiger partial charge in [0.2, 0.25) is 0 Å². The zero-order valence-electron chi connectivity index (χ0n) is 12.4. The molecule has 0 radical (unpaired) electrons. The van der Waals surface area contributed by atoms with Crippen LogP contribution < -0.4 is 5.59 Å². The van der Waals surface area contributed by atoms with Gasteiger partial charge in [-0.3, -0.25) is 0 Å². The fraction of sp³-hybridized carbons (Fsp3) is 0.769. The summed E-state index contributed by atoms with van der Waals surface area (Å²) in [6, 6.07) is 0.349. The van der Waals surface area contributed by atoms with Crippen LogP contribution in [0.5, 0.6) is 0 Å². The highest BCUT2D eigenvalue weighted by Gasteiger charge is 2.52. The van der Waals surface area contributed by atoms with Gasteiger partial charge in [0.25, 0.3) is 0 Å². The van der Waals surface area contributed by atoms with Crippen LogP contribution in [0.4, 0.5) is 0 Å². The molecular weight excluding hydrogens is 227 g/mol. The van der Waals surface area contributed by atoms with E-state index in [9.17, 15) is 0 Å². The summed E-state index contributed by atoms with van der Waals surface area (Å²) < 4.78 is 14.3. The molecule has 0 N–H and O–H groups in total. The first-order valence-corrected chi connectivity index (χ1v) is 6.55. The minimum atomic E-state index is -0.335. The lowest BCUT2D eigenvalue weighted by Gasteiger charge is -2.32. The van der Waals surface area contributed by atoms with Crippen molar-refractivity contribution in [3.8, 4) is 0 Å². The van der Waals surface area contributed by atoms with E-state index in [1.165, 1.54) is 0 Å². The van der Waals surface area contributed by atoms with Gasteiger partial charge in [-0.25, -0.2) is 4.98 Å². The Kier molecular flexibility index (Phi) is 3.10. The molecule has 0 saturated carbocycles. The smallest absolute Gasteiger partial charge is 0.398 e. The van der Waals surface area contributed by atoms with Gasteiger partial charge in [0.1, 0.15) is 5.82 Å². The van der Waals surface area contributed by atoms with Crippen molar-refractivity contribution in [3.63, 3.8) is 0 Å². The van der Waals surface area contributed by atoms with E-state index < -0.39 is 0 Å². The first-order valence-electron chi connectivity index (χ1n) is 6.55. The predicted molar refractivity (Wildman–Crippen MR) is 73.1 cm³/mol. The van der Waals surface area contributed by atoms with Gasteiger partial charge in [-0.05, 0) is 48.5 Å². The highest BCUT2D eigenvalue weighted by Crippen LogP contribution is 2.36. The molecule has 0 atom stereocenters. The molecule has 1 aliphatic heterocycles. The molecule has 1 aliphatic rings. The van der Waals surface area contributed by atoms with E-state index >= 15 is 0 Å². The molecule has 1 aromatic heterocycles. The summed E-state index contributed by atoms with van der Waals surface area (Å²) in [5.41, 5.74) is 0.385. The maximum absolute atomic E-state index is 6.07. The number of aromatic nitrogens is 2. The molecule has 0 amide bonds. The van der Waals surface area contributed by atoms with Gasteiger partial charge in [-0.2, -0.15) is 0 Å². The minimum absolute atomic E-state index is 0.308. The second-order valence-corrected chi connectivity index (χ2v) is 6.28. The summed E-state index contributed by atoms with van der Waals surface area (Å²) in [4.78, 5) is 4.38. The van der Waals surface area contributed by atoms with Crippen LogP contribution in [0.1, 0.15) is 53.4 Å². The van der Waals surface area contributed by atoms with Crippen molar-refractivity contribution >= 4 is 12.7 Å². The van der Waals surface area contributed by atoms with E-state index in [-0.39, 0.29) is 18.3 Å². The van der Waals surface area contributed by atoms with Crippen molar-refractivity contribution in [2.45, 2.75) is 65.7 Å². The minimum Gasteiger partial charge on any atom is -0.398 e. The Morgan fingerprint density at radius 3 is 2.11 bits per heavy atom. The Hall–Kier alpha value is -0.805. The van der Waals surface area contributed by atoms with E-state index in [4.69, 9.17) is 9.31 Å². The zero-order chi connectivity index (χ0) is 13.7. The molecule has 1 aromatic rings. The van der Waals surface area contributed by atoms with Crippen LogP contribution in [0.25, 0.3) is 0 Å². The average Bonchev–Trinajstić information content (AvgIpc) is 2.66. The summed E-state index contributed by atoms with van der Waals surface area (Å²) in [5, 5.41) is 0. The molecule has 0 spiro atoms. The van der Waals surface area contributed by atoms with Crippen LogP contribution in [0, 0.1) is 6.92 Å². The standard InChI is InChI=1S/C13H23BN2O2/c1-9(2)16-10(3)15-8-11(16)14-17-12(4,5)13(6,7)18-14/h8-9H,1-7H3. The molecule has 100 valence electrons. The second-order valence-electron chi connectivity index (χ2n) is 6.28. The van der Waals surface area contributed by atoms with E-state index in [0.29, 0.717) is 6.04 Å². The molecule has 2 heterocycles. The normalized spacial score (nSPS) is 21.9. The third-order valence-corrected chi connectivity index (χ3v) is 4.02. The van der Waals surface area contributed by atoms with Gasteiger partial charge in [0, 0.05) is 12.2 Å². The van der Waals surface area contributed by atoms with Crippen molar-refractivity contribution in [1.82, 2.24) is 9.55 Å². The van der Waals surface area contributed by atoms with Crippen LogP contribution in [-0.4, -0.2) is 27.9 Å². The van der Waals surface area contributed by atoms with Gasteiger partial charge in [0.15, 0.2) is 0 Å². The second kappa shape index (κ2) is 4.10.